The van der Waals surface area contributed by atoms with Gasteiger partial charge < -0.3 is 5.73 Å². The first kappa shape index (κ1) is 12.8. The van der Waals surface area contributed by atoms with Gasteiger partial charge in [-0.15, -0.1) is 0 Å². The molecule has 18 heavy (non-hydrogen) atoms. The Hall–Kier alpha value is -1.60. The van der Waals surface area contributed by atoms with Crippen LogP contribution in [0.15, 0.2) is 48.5 Å². The van der Waals surface area contributed by atoms with E-state index in [4.69, 9.17) is 5.73 Å². The molecule has 0 aromatic heterocycles. The van der Waals surface area contributed by atoms with Crippen LogP contribution in [0, 0.1) is 6.92 Å². The van der Waals surface area contributed by atoms with Gasteiger partial charge >= 0.3 is 0 Å². The molecule has 0 fully saturated rings. The molecular formula is C17H21N. The summed E-state index contributed by atoms with van der Waals surface area (Å²) >= 11 is 0. The monoisotopic (exact) mass is 239 g/mol. The van der Waals surface area contributed by atoms with Crippen LogP contribution in [0.5, 0.6) is 0 Å². The van der Waals surface area contributed by atoms with Gasteiger partial charge in [-0.25, -0.2) is 0 Å². The molecule has 0 aliphatic rings. The molecule has 0 radical (unpaired) electrons. The molecule has 0 aliphatic carbocycles. The molecule has 2 aromatic carbocycles. The third-order valence-electron chi connectivity index (χ3n) is 3.39. The molecule has 0 spiro atoms. The summed E-state index contributed by atoms with van der Waals surface area (Å²) in [7, 11) is 0. The van der Waals surface area contributed by atoms with Crippen molar-refractivity contribution in [2.45, 2.75) is 26.2 Å². The lowest BCUT2D eigenvalue weighted by atomic mass is 9.97. The topological polar surface area (TPSA) is 26.0 Å². The maximum absolute atomic E-state index is 5.68. The molecule has 0 bridgehead atoms. The fraction of sp³-hybridized carbons (Fsp3) is 0.294. The van der Waals surface area contributed by atoms with Crippen molar-refractivity contribution in [2.24, 2.45) is 5.73 Å². The molecule has 1 nitrogen and oxygen atoms in total. The molecule has 0 saturated carbocycles. The highest BCUT2D eigenvalue weighted by Gasteiger charge is 2.03. The third kappa shape index (κ3) is 3.21. The van der Waals surface area contributed by atoms with Crippen LogP contribution in [0.25, 0.3) is 0 Å². The van der Waals surface area contributed by atoms with Gasteiger partial charge in [-0.3, -0.25) is 0 Å². The Morgan fingerprint density at radius 1 is 1.00 bits per heavy atom. The van der Waals surface area contributed by atoms with Gasteiger partial charge in [-0.1, -0.05) is 61.0 Å². The van der Waals surface area contributed by atoms with E-state index in [1.54, 1.807) is 0 Å². The molecule has 1 atom stereocenters. The van der Waals surface area contributed by atoms with Crippen LogP contribution in [0.3, 0.4) is 0 Å². The van der Waals surface area contributed by atoms with Gasteiger partial charge in [0.05, 0.1) is 0 Å². The number of hydrogen-bond acceptors (Lipinski definition) is 1. The molecule has 1 unspecified atom stereocenters. The largest absolute Gasteiger partial charge is 0.330 e. The SMILES string of the molecule is Cc1cccc(Cc2ccc(C(C)CN)cc2)c1. The average molecular weight is 239 g/mol. The molecule has 2 aromatic rings. The van der Waals surface area contributed by atoms with Crippen molar-refractivity contribution in [3.8, 4) is 0 Å². The van der Waals surface area contributed by atoms with Crippen molar-refractivity contribution in [2.75, 3.05) is 6.54 Å². The fourth-order valence-corrected chi connectivity index (χ4v) is 2.16. The Morgan fingerprint density at radius 2 is 1.72 bits per heavy atom. The van der Waals surface area contributed by atoms with E-state index in [1.165, 1.54) is 22.3 Å². The number of rotatable bonds is 4. The quantitative estimate of drug-likeness (QED) is 0.866. The van der Waals surface area contributed by atoms with Gasteiger partial charge in [0.25, 0.3) is 0 Å². The van der Waals surface area contributed by atoms with E-state index in [0.29, 0.717) is 12.5 Å². The van der Waals surface area contributed by atoms with Crippen LogP contribution in [0.2, 0.25) is 0 Å². The highest BCUT2D eigenvalue weighted by Crippen LogP contribution is 2.17. The van der Waals surface area contributed by atoms with E-state index in [-0.39, 0.29) is 0 Å². The molecular weight excluding hydrogens is 218 g/mol. The summed E-state index contributed by atoms with van der Waals surface area (Å²) in [6.45, 7) is 5.00. The van der Waals surface area contributed by atoms with E-state index >= 15 is 0 Å². The van der Waals surface area contributed by atoms with Gasteiger partial charge in [-0.05, 0) is 42.5 Å². The molecule has 0 aliphatic heterocycles. The van der Waals surface area contributed by atoms with Gasteiger partial charge in [0, 0.05) is 0 Å². The van der Waals surface area contributed by atoms with Gasteiger partial charge in [0.2, 0.25) is 0 Å². The third-order valence-corrected chi connectivity index (χ3v) is 3.39. The Kier molecular flexibility index (Phi) is 4.16. The molecule has 94 valence electrons. The maximum Gasteiger partial charge on any atom is -0.00109 e. The zero-order chi connectivity index (χ0) is 13.0. The van der Waals surface area contributed by atoms with E-state index in [0.717, 1.165) is 6.42 Å². The highest BCUT2D eigenvalue weighted by atomic mass is 14.5. The van der Waals surface area contributed by atoms with Crippen LogP contribution < -0.4 is 5.73 Å². The van der Waals surface area contributed by atoms with Crippen LogP contribution >= 0.6 is 0 Å². The van der Waals surface area contributed by atoms with Crippen molar-refractivity contribution in [1.82, 2.24) is 0 Å². The normalized spacial score (nSPS) is 12.4. The van der Waals surface area contributed by atoms with Crippen molar-refractivity contribution >= 4 is 0 Å². The van der Waals surface area contributed by atoms with Crippen LogP contribution in [-0.4, -0.2) is 6.54 Å². The Balaban J connectivity index is 2.11. The summed E-state index contributed by atoms with van der Waals surface area (Å²) in [5.74, 6) is 0.443. The molecule has 1 heteroatoms. The predicted molar refractivity (Wildman–Crippen MR) is 77.9 cm³/mol. The minimum absolute atomic E-state index is 0.443. The van der Waals surface area contributed by atoms with Gasteiger partial charge in [0.1, 0.15) is 0 Å². The van der Waals surface area contributed by atoms with E-state index in [2.05, 4.69) is 62.4 Å². The first-order valence-corrected chi connectivity index (χ1v) is 6.53. The fourth-order valence-electron chi connectivity index (χ4n) is 2.16. The maximum atomic E-state index is 5.68. The summed E-state index contributed by atoms with van der Waals surface area (Å²) in [6.07, 6.45) is 0.999. The zero-order valence-corrected chi connectivity index (χ0v) is 11.2. The van der Waals surface area contributed by atoms with Crippen molar-refractivity contribution in [1.29, 1.82) is 0 Å². The molecule has 2 rings (SSSR count). The first-order valence-electron chi connectivity index (χ1n) is 6.53. The van der Waals surface area contributed by atoms with Crippen LogP contribution in [0.1, 0.15) is 35.1 Å². The molecule has 0 amide bonds. The predicted octanol–water partition coefficient (Wildman–Crippen LogP) is 3.65. The van der Waals surface area contributed by atoms with Crippen molar-refractivity contribution in [3.63, 3.8) is 0 Å². The number of benzene rings is 2. The van der Waals surface area contributed by atoms with Crippen LogP contribution in [0.4, 0.5) is 0 Å². The highest BCUT2D eigenvalue weighted by molar-refractivity contribution is 5.31. The minimum atomic E-state index is 0.443. The average Bonchev–Trinajstić information content (AvgIpc) is 2.39. The van der Waals surface area contributed by atoms with E-state index in [9.17, 15) is 0 Å². The number of hydrogen-bond donors (Lipinski definition) is 1. The Labute approximate surface area is 110 Å². The second-order valence-electron chi connectivity index (χ2n) is 5.04. The van der Waals surface area contributed by atoms with Gasteiger partial charge in [0.15, 0.2) is 0 Å². The summed E-state index contributed by atoms with van der Waals surface area (Å²) < 4.78 is 0. The Bertz CT molecular complexity index is 499. The van der Waals surface area contributed by atoms with Crippen molar-refractivity contribution < 1.29 is 0 Å². The molecule has 2 N–H and O–H groups in total. The smallest absolute Gasteiger partial charge is 0.00109 e. The van der Waals surface area contributed by atoms with Crippen molar-refractivity contribution in [3.05, 3.63) is 70.8 Å². The molecule has 0 heterocycles. The lowest BCUT2D eigenvalue weighted by Crippen LogP contribution is -2.08. The van der Waals surface area contributed by atoms with Gasteiger partial charge in [-0.2, -0.15) is 0 Å². The number of nitrogens with two attached hydrogens (primary N) is 1. The van der Waals surface area contributed by atoms with Crippen LogP contribution in [-0.2, 0) is 6.42 Å². The lowest BCUT2D eigenvalue weighted by Gasteiger charge is -2.10. The second kappa shape index (κ2) is 5.83. The summed E-state index contributed by atoms with van der Waals surface area (Å²) in [5, 5.41) is 0. The Morgan fingerprint density at radius 3 is 2.33 bits per heavy atom. The second-order valence-corrected chi connectivity index (χ2v) is 5.04. The standard InChI is InChI=1S/C17H21N/c1-13-4-3-5-16(10-13)11-15-6-8-17(9-7-15)14(2)12-18/h3-10,14H,11-12,18H2,1-2H3. The molecule has 0 saturated heterocycles. The first-order chi connectivity index (χ1) is 8.69. The lowest BCUT2D eigenvalue weighted by molar-refractivity contribution is 0.773. The number of aryl methyl sites for hydroxylation is 1. The summed E-state index contributed by atoms with van der Waals surface area (Å²) in [4.78, 5) is 0. The van der Waals surface area contributed by atoms with E-state index < -0.39 is 0 Å². The zero-order valence-electron chi connectivity index (χ0n) is 11.2. The minimum Gasteiger partial charge on any atom is -0.330 e. The van der Waals surface area contributed by atoms with E-state index in [1.807, 2.05) is 0 Å². The summed E-state index contributed by atoms with van der Waals surface area (Å²) in [5.41, 5.74) is 11.1. The summed E-state index contributed by atoms with van der Waals surface area (Å²) in [6, 6.07) is 17.5.